The predicted molar refractivity (Wildman–Crippen MR) is 219 cm³/mol. The van der Waals surface area contributed by atoms with Crippen molar-refractivity contribution >= 4 is 41.7 Å². The highest BCUT2D eigenvalue weighted by Crippen LogP contribution is 2.04. The Balaban J connectivity index is -0.000000643. The van der Waals surface area contributed by atoms with Crippen molar-refractivity contribution in [1.29, 1.82) is 0 Å². The van der Waals surface area contributed by atoms with Gasteiger partial charge in [-0.25, -0.2) is 0 Å². The van der Waals surface area contributed by atoms with Crippen LogP contribution in [-0.4, -0.2) is 122 Å². The van der Waals surface area contributed by atoms with E-state index in [2.05, 4.69) is 11.1 Å². The lowest BCUT2D eigenvalue weighted by atomic mass is 10.1. The van der Waals surface area contributed by atoms with Gasteiger partial charge in [-0.1, -0.05) is 80.9 Å². The Morgan fingerprint density at radius 1 is 0.627 bits per heavy atom. The summed E-state index contributed by atoms with van der Waals surface area (Å²) < 4.78 is 0. The molecule has 0 bridgehead atoms. The Hall–Kier alpha value is -5.55. The molecule has 1 fully saturated rings. The van der Waals surface area contributed by atoms with Crippen LogP contribution in [0.5, 0.6) is 0 Å². The zero-order valence-corrected chi connectivity index (χ0v) is 33.5. The van der Waals surface area contributed by atoms with E-state index in [4.69, 9.17) is 65.0 Å². The molecule has 334 valence electrons. The van der Waals surface area contributed by atoms with Crippen LogP contribution >= 0.6 is 0 Å². The van der Waals surface area contributed by atoms with Gasteiger partial charge in [0.25, 0.3) is 0 Å². The molecule has 0 radical (unpaired) electrons. The summed E-state index contributed by atoms with van der Waals surface area (Å²) in [5.74, 6) is -6.40. The Kier molecular flexibility index (Phi) is 33.8. The van der Waals surface area contributed by atoms with Crippen LogP contribution in [0.1, 0.15) is 63.5 Å². The Labute approximate surface area is 343 Å². The SMILES string of the molecule is CC(C)[C@H](N)C(=O)O.NC(=O)C[C@H](N)C(=O)O.NCCCC[C@H](N)C(=O)O.N[C@@H](Cc1ccccc1)C(=O)O.N[C@@H](Cc1ccccc1)C(=O)O.O=C(O)[C@@H]1CCCN1. The molecule has 2 aromatic carbocycles. The molecule has 21 heteroatoms. The van der Waals surface area contributed by atoms with E-state index in [1.165, 1.54) is 0 Å². The summed E-state index contributed by atoms with van der Waals surface area (Å²) in [6.45, 7) is 5.01. The maximum Gasteiger partial charge on any atom is 0.321 e. The lowest BCUT2D eigenvalue weighted by Gasteiger charge is -2.07. The van der Waals surface area contributed by atoms with Crippen molar-refractivity contribution in [3.05, 3.63) is 71.8 Å². The molecule has 0 spiro atoms. The summed E-state index contributed by atoms with van der Waals surface area (Å²) in [5.41, 5.74) is 37.7. The minimum absolute atomic E-state index is 0.0208. The second-order valence-electron chi connectivity index (χ2n) is 13.2. The van der Waals surface area contributed by atoms with Gasteiger partial charge in [-0.3, -0.25) is 33.6 Å². The monoisotopic (exact) mass is 840 g/mol. The van der Waals surface area contributed by atoms with Gasteiger partial charge in [0.05, 0.1) is 6.42 Å². The first-order valence-corrected chi connectivity index (χ1v) is 18.4. The number of nitrogens with two attached hydrogens (primary N) is 7. The lowest BCUT2D eigenvalue weighted by Crippen LogP contribution is -2.34. The van der Waals surface area contributed by atoms with Crippen LogP contribution in [0.3, 0.4) is 0 Å². The second-order valence-corrected chi connectivity index (χ2v) is 13.2. The van der Waals surface area contributed by atoms with Gasteiger partial charge < -0.3 is 76.1 Å². The molecule has 21 N–H and O–H groups in total. The number of primary amides is 1. The topological polar surface area (TPSA) is 435 Å². The summed E-state index contributed by atoms with van der Waals surface area (Å²) in [6, 6.07) is 14.2. The number of benzene rings is 2. The number of carboxylic acid groups (broad SMARTS) is 6. The van der Waals surface area contributed by atoms with Crippen molar-refractivity contribution in [2.75, 3.05) is 13.1 Å². The van der Waals surface area contributed by atoms with Crippen LogP contribution in [0.25, 0.3) is 0 Å². The fourth-order valence-corrected chi connectivity index (χ4v) is 4.03. The number of unbranched alkanes of at least 4 members (excludes halogenated alkanes) is 1. The number of aliphatic carboxylic acids is 6. The van der Waals surface area contributed by atoms with Gasteiger partial charge in [0.15, 0.2) is 0 Å². The predicted octanol–water partition coefficient (Wildman–Crippen LogP) is -1.04. The van der Waals surface area contributed by atoms with Gasteiger partial charge in [-0.05, 0) is 68.7 Å². The summed E-state index contributed by atoms with van der Waals surface area (Å²) in [4.78, 5) is 70.9. The summed E-state index contributed by atoms with van der Waals surface area (Å²) >= 11 is 0. The van der Waals surface area contributed by atoms with Crippen molar-refractivity contribution in [1.82, 2.24) is 5.32 Å². The van der Waals surface area contributed by atoms with E-state index < -0.39 is 71.9 Å². The molecule has 2 aromatic rings. The van der Waals surface area contributed by atoms with E-state index in [1.54, 1.807) is 13.8 Å². The number of carboxylic acids is 6. The van der Waals surface area contributed by atoms with Crippen LogP contribution in [0.2, 0.25) is 0 Å². The highest BCUT2D eigenvalue weighted by molar-refractivity contribution is 5.83. The molecule has 1 aliphatic heterocycles. The van der Waals surface area contributed by atoms with E-state index in [1.807, 2.05) is 60.7 Å². The van der Waals surface area contributed by atoms with E-state index in [0.29, 0.717) is 25.8 Å². The third-order valence-electron chi connectivity index (χ3n) is 7.62. The summed E-state index contributed by atoms with van der Waals surface area (Å²) in [5, 5.41) is 52.9. The molecule has 3 rings (SSSR count). The first kappa shape index (κ1) is 57.8. The average Bonchev–Trinajstić information content (AvgIpc) is 3.72. The molecule has 0 aromatic heterocycles. The Bertz CT molecular complexity index is 1430. The molecule has 0 unspecified atom stereocenters. The first-order valence-electron chi connectivity index (χ1n) is 18.4. The number of amides is 1. The fraction of sp³-hybridized carbons (Fsp3) is 0.500. The molecule has 1 amide bonds. The standard InChI is InChI=1S/2C9H11NO2.C6H14N2O2.C5H9NO2.C5H11NO2.C4H8N2O3/c2*10-8(9(11)12)6-7-4-2-1-3-5-7;7-4-2-1-3-5(8)6(9)10;7-5(8)4-2-1-3-6-4;1-3(2)4(6)5(7)8;5-2(4(8)9)1-3(6)7/h2*1-5,8H,6,10H2,(H,11,12);5H,1-4,7-8H2,(H,9,10);4,6H,1-3H2,(H,7,8);3-4H,6H2,1-2H3,(H,7,8);2H,1,5H2,(H2,6,7)(H,8,9)/t2*8-;5-;2*4-;2-/m000000/s1. The van der Waals surface area contributed by atoms with Crippen LogP contribution in [0.4, 0.5) is 0 Å². The first-order chi connectivity index (χ1) is 27.5. The largest absolute Gasteiger partial charge is 0.480 e. The number of carbonyl (C=O) groups excluding carboxylic acids is 1. The number of hydrogen-bond donors (Lipinski definition) is 14. The average molecular weight is 841 g/mol. The molecule has 1 aliphatic rings. The maximum absolute atomic E-state index is 10.4. The van der Waals surface area contributed by atoms with Gasteiger partial charge in [0.2, 0.25) is 5.91 Å². The normalized spacial score (nSPS) is 14.9. The minimum Gasteiger partial charge on any atom is -0.480 e. The molecule has 1 saturated heterocycles. The molecule has 1 heterocycles. The number of nitrogens with one attached hydrogen (secondary N) is 1. The quantitative estimate of drug-likeness (QED) is 0.0846. The minimum atomic E-state index is -1.21. The van der Waals surface area contributed by atoms with Gasteiger partial charge in [0.1, 0.15) is 36.3 Å². The van der Waals surface area contributed by atoms with Crippen LogP contribution in [-0.2, 0) is 46.4 Å². The molecule has 0 saturated carbocycles. The van der Waals surface area contributed by atoms with Gasteiger partial charge in [-0.2, -0.15) is 0 Å². The Morgan fingerprint density at radius 3 is 1.25 bits per heavy atom. The number of hydrogen-bond acceptors (Lipinski definition) is 14. The highest BCUT2D eigenvalue weighted by Gasteiger charge is 2.20. The van der Waals surface area contributed by atoms with E-state index in [9.17, 15) is 33.6 Å². The number of carbonyl (C=O) groups is 7. The fourth-order valence-electron chi connectivity index (χ4n) is 4.03. The van der Waals surface area contributed by atoms with Crippen LogP contribution < -0.4 is 45.5 Å². The Morgan fingerprint density at radius 2 is 1.03 bits per heavy atom. The third kappa shape index (κ3) is 34.2. The smallest absolute Gasteiger partial charge is 0.321 e. The second kappa shape index (κ2) is 34.5. The molecule has 21 nitrogen and oxygen atoms in total. The lowest BCUT2D eigenvalue weighted by molar-refractivity contribution is -0.140. The zero-order valence-electron chi connectivity index (χ0n) is 33.5. The van der Waals surface area contributed by atoms with Crippen LogP contribution in [0, 0.1) is 5.92 Å². The van der Waals surface area contributed by atoms with Crippen molar-refractivity contribution in [3.63, 3.8) is 0 Å². The van der Waals surface area contributed by atoms with Crippen molar-refractivity contribution < 1.29 is 64.2 Å². The van der Waals surface area contributed by atoms with Gasteiger partial charge >= 0.3 is 35.8 Å². The molecule has 6 atom stereocenters. The van der Waals surface area contributed by atoms with Crippen molar-refractivity contribution in [2.45, 2.75) is 101 Å². The highest BCUT2D eigenvalue weighted by atomic mass is 16.4. The van der Waals surface area contributed by atoms with E-state index in [0.717, 1.165) is 43.4 Å². The summed E-state index contributed by atoms with van der Waals surface area (Å²) in [7, 11) is 0. The molecule has 0 aliphatic carbocycles. The van der Waals surface area contributed by atoms with Crippen molar-refractivity contribution in [2.24, 2.45) is 46.1 Å². The zero-order chi connectivity index (χ0) is 46.1. The van der Waals surface area contributed by atoms with E-state index >= 15 is 0 Å². The summed E-state index contributed by atoms with van der Waals surface area (Å²) in [6.07, 6.45) is 4.41. The maximum atomic E-state index is 10.4. The van der Waals surface area contributed by atoms with Crippen LogP contribution in [0.15, 0.2) is 60.7 Å². The van der Waals surface area contributed by atoms with Gasteiger partial charge in [0, 0.05) is 0 Å². The van der Waals surface area contributed by atoms with E-state index in [-0.39, 0.29) is 18.4 Å². The van der Waals surface area contributed by atoms with Crippen molar-refractivity contribution in [3.8, 4) is 0 Å². The number of rotatable bonds is 17. The molecular weight excluding hydrogens is 776 g/mol. The molecular formula is C38H64N8O13. The third-order valence-corrected chi connectivity index (χ3v) is 7.62. The molecule has 59 heavy (non-hydrogen) atoms. The van der Waals surface area contributed by atoms with Gasteiger partial charge in [-0.15, -0.1) is 0 Å².